The van der Waals surface area contributed by atoms with Crippen molar-refractivity contribution in [2.75, 3.05) is 10.9 Å². The Labute approximate surface area is 311 Å². The summed E-state index contributed by atoms with van der Waals surface area (Å²) in [5.74, 6) is -3.56. The predicted molar refractivity (Wildman–Crippen MR) is 201 cm³/mol. The number of nitrogens with one attached hydrogen (secondary N) is 4. The minimum absolute atomic E-state index is 0.0610. The number of carbonyl (C=O) groups excluding carboxylic acids is 2. The van der Waals surface area contributed by atoms with Crippen LogP contribution in [0.3, 0.4) is 0 Å². The third-order valence-electron chi connectivity index (χ3n) is 8.22. The van der Waals surface area contributed by atoms with Crippen LogP contribution in [0.2, 0.25) is 0 Å². The first kappa shape index (κ1) is 40.1. The number of nitrogens with zero attached hydrogens (tertiary/aromatic N) is 6. The van der Waals surface area contributed by atoms with Gasteiger partial charge in [-0.2, -0.15) is 10.2 Å². The van der Waals surface area contributed by atoms with Crippen LogP contribution in [0.1, 0.15) is 31.4 Å². The van der Waals surface area contributed by atoms with E-state index in [9.17, 15) is 50.0 Å². The van der Waals surface area contributed by atoms with Gasteiger partial charge in [0.15, 0.2) is 0 Å². The maximum absolute atomic E-state index is 13.9. The molecule has 0 aromatic heterocycles. The Kier molecular flexibility index (Phi) is 13.7. The van der Waals surface area contributed by atoms with Gasteiger partial charge in [-0.25, -0.2) is 0 Å². The number of anilines is 2. The smallest absolute Gasteiger partial charge is 0.301 e. The van der Waals surface area contributed by atoms with Crippen LogP contribution < -0.4 is 21.5 Å². The molecule has 0 unspecified atom stereocenters. The van der Waals surface area contributed by atoms with Crippen molar-refractivity contribution in [2.45, 2.75) is 33.4 Å². The van der Waals surface area contributed by atoms with E-state index in [0.29, 0.717) is 0 Å². The highest BCUT2D eigenvalue weighted by molar-refractivity contribution is 6.07. The van der Waals surface area contributed by atoms with Crippen LogP contribution in [-0.2, 0) is 22.7 Å². The number of non-ortho nitro benzene ring substituents is 2. The van der Waals surface area contributed by atoms with Crippen molar-refractivity contribution in [1.29, 1.82) is 0 Å². The van der Waals surface area contributed by atoms with E-state index >= 15 is 0 Å². The first-order chi connectivity index (χ1) is 26.2. The van der Waals surface area contributed by atoms with Crippen LogP contribution in [0.5, 0.6) is 0 Å². The van der Waals surface area contributed by atoms with E-state index in [-0.39, 0.29) is 42.3 Å². The molecule has 4 aromatic rings. The summed E-state index contributed by atoms with van der Waals surface area (Å²) in [6, 6.07) is 23.6. The summed E-state index contributed by atoms with van der Waals surface area (Å²) < 4.78 is 0. The van der Waals surface area contributed by atoms with Crippen LogP contribution in [0, 0.1) is 52.3 Å². The average Bonchev–Trinajstić information content (AvgIpc) is 3.18. The van der Waals surface area contributed by atoms with Crippen LogP contribution >= 0.6 is 0 Å². The molecule has 0 aliphatic rings. The summed E-state index contributed by atoms with van der Waals surface area (Å²) in [5, 5.41) is 60.0. The van der Waals surface area contributed by atoms with E-state index in [1.54, 1.807) is 60.7 Å². The molecule has 20 nitrogen and oxygen atoms in total. The lowest BCUT2D eigenvalue weighted by Gasteiger charge is -2.23. The molecular formula is C35H34N10O10. The maximum atomic E-state index is 13.9. The van der Waals surface area contributed by atoms with Crippen molar-refractivity contribution in [3.63, 3.8) is 0 Å². The number of hydrogen-bond acceptors (Lipinski definition) is 14. The zero-order valence-electron chi connectivity index (χ0n) is 29.3. The van der Waals surface area contributed by atoms with Crippen LogP contribution in [0.4, 0.5) is 34.1 Å². The van der Waals surface area contributed by atoms with Gasteiger partial charge in [0.05, 0.1) is 43.7 Å². The highest BCUT2D eigenvalue weighted by Crippen LogP contribution is 2.31. The second-order valence-electron chi connectivity index (χ2n) is 11.9. The first-order valence-electron chi connectivity index (χ1n) is 16.3. The maximum Gasteiger partial charge on any atom is 0.301 e. The van der Waals surface area contributed by atoms with E-state index in [2.05, 4.69) is 31.7 Å². The second-order valence-corrected chi connectivity index (χ2v) is 11.9. The van der Waals surface area contributed by atoms with E-state index in [1.165, 1.54) is 13.8 Å². The number of hydrazone groups is 2. The average molecular weight is 755 g/mol. The quantitative estimate of drug-likeness (QED) is 0.0529. The van der Waals surface area contributed by atoms with Gasteiger partial charge in [-0.1, -0.05) is 60.7 Å². The molecule has 0 aliphatic heterocycles. The minimum atomic E-state index is -1.19. The molecule has 0 bridgehead atoms. The molecule has 0 saturated heterocycles. The van der Waals surface area contributed by atoms with Crippen LogP contribution in [0.15, 0.2) is 107 Å². The van der Waals surface area contributed by atoms with Crippen molar-refractivity contribution in [3.05, 3.63) is 149 Å². The van der Waals surface area contributed by atoms with Crippen LogP contribution in [0.25, 0.3) is 0 Å². The Morgan fingerprint density at radius 2 is 0.927 bits per heavy atom. The third kappa shape index (κ3) is 11.2. The van der Waals surface area contributed by atoms with Crippen molar-refractivity contribution in [3.8, 4) is 0 Å². The van der Waals surface area contributed by atoms with Gasteiger partial charge in [0.1, 0.15) is 11.4 Å². The summed E-state index contributed by atoms with van der Waals surface area (Å²) in [6.45, 7) is 3.07. The summed E-state index contributed by atoms with van der Waals surface area (Å²) in [4.78, 5) is 70.4. The number of nitro benzene ring substituents is 4. The topological polar surface area (TPSA) is 280 Å². The lowest BCUT2D eigenvalue weighted by Crippen LogP contribution is -2.41. The number of benzene rings is 4. The van der Waals surface area contributed by atoms with E-state index in [4.69, 9.17) is 0 Å². The largest absolute Gasteiger partial charge is 0.351 e. The highest BCUT2D eigenvalue weighted by Gasteiger charge is 2.32. The molecule has 20 heteroatoms. The van der Waals surface area contributed by atoms with Crippen molar-refractivity contribution in [2.24, 2.45) is 22.0 Å². The zero-order chi connectivity index (χ0) is 40.1. The normalized spacial score (nSPS) is 12.5. The van der Waals surface area contributed by atoms with Crippen LogP contribution in [-0.4, -0.2) is 42.9 Å². The Bertz CT molecular complexity index is 2000. The van der Waals surface area contributed by atoms with Gasteiger partial charge < -0.3 is 10.6 Å². The standard InChI is InChI=1S/C35H34N10O10/c1-22(38-40-30-15-13-26(42(48)49)17-32(30)44(52)53)28(34(46)36-20-24-9-5-3-6-10-24)19-29(35(47)37-21-25-11-7-4-8-12-25)23(2)39-41-31-16-14-27(43(50)51)18-33(31)45(54)55/h3-18,28-29,40-41H,19-21H2,1-2H3,(H,36,46)(H,37,47)/b38-22-,39-23+/t28-,29+/m1/s1. The van der Waals surface area contributed by atoms with Gasteiger partial charge in [-0.15, -0.1) is 0 Å². The van der Waals surface area contributed by atoms with Crippen molar-refractivity contribution >= 4 is 57.4 Å². The Morgan fingerprint density at radius 1 is 0.564 bits per heavy atom. The first-order valence-corrected chi connectivity index (χ1v) is 16.3. The lowest BCUT2D eigenvalue weighted by molar-refractivity contribution is -0.393. The fraction of sp³-hybridized carbons (Fsp3) is 0.200. The van der Waals surface area contributed by atoms with Gasteiger partial charge in [-0.3, -0.25) is 60.9 Å². The summed E-state index contributed by atoms with van der Waals surface area (Å²) in [5.41, 5.74) is 3.90. The van der Waals surface area contributed by atoms with Crippen molar-refractivity contribution < 1.29 is 29.3 Å². The monoisotopic (exact) mass is 754 g/mol. The molecule has 2 atom stereocenters. The molecule has 284 valence electrons. The SMILES string of the molecule is C/C(=N/Nc1ccc([N+](=O)[O-])cc1[N+](=O)[O-])[C@@H](C[C@H](C(=O)NCc1ccccc1)/C(C)=N/Nc1ccc([N+](=O)[O-])cc1[N+](=O)[O-])C(=O)NCc1ccccc1. The molecule has 0 fully saturated rings. The molecule has 0 radical (unpaired) electrons. The molecule has 4 aromatic carbocycles. The second kappa shape index (κ2) is 18.7. The van der Waals surface area contributed by atoms with E-state index in [0.717, 1.165) is 47.5 Å². The number of rotatable bonds is 18. The fourth-order valence-corrected chi connectivity index (χ4v) is 5.20. The lowest BCUT2D eigenvalue weighted by atomic mass is 9.87. The van der Waals surface area contributed by atoms with Gasteiger partial charge in [0.25, 0.3) is 11.4 Å². The van der Waals surface area contributed by atoms with E-state index < -0.39 is 66.1 Å². The molecule has 0 heterocycles. The molecule has 0 aliphatic carbocycles. The molecule has 4 rings (SSSR count). The Morgan fingerprint density at radius 3 is 1.25 bits per heavy atom. The Hall–Kier alpha value is -7.64. The molecule has 55 heavy (non-hydrogen) atoms. The predicted octanol–water partition coefficient (Wildman–Crippen LogP) is 5.85. The molecule has 2 amide bonds. The van der Waals surface area contributed by atoms with Gasteiger partial charge in [0.2, 0.25) is 11.8 Å². The Balaban J connectivity index is 1.72. The number of carbonyl (C=O) groups is 2. The number of nitro groups is 4. The molecular weight excluding hydrogens is 720 g/mol. The van der Waals surface area contributed by atoms with Gasteiger partial charge in [-0.05, 0) is 43.5 Å². The van der Waals surface area contributed by atoms with Gasteiger partial charge >= 0.3 is 11.4 Å². The van der Waals surface area contributed by atoms with Gasteiger partial charge in [0, 0.05) is 36.6 Å². The highest BCUT2D eigenvalue weighted by atomic mass is 16.6. The minimum Gasteiger partial charge on any atom is -0.351 e. The molecule has 4 N–H and O–H groups in total. The zero-order valence-corrected chi connectivity index (χ0v) is 29.3. The third-order valence-corrected chi connectivity index (χ3v) is 8.22. The molecule has 0 spiro atoms. The summed E-state index contributed by atoms with van der Waals surface area (Å²) in [7, 11) is 0. The summed E-state index contributed by atoms with van der Waals surface area (Å²) in [6.07, 6.45) is -0.278. The number of amides is 2. The van der Waals surface area contributed by atoms with Crippen molar-refractivity contribution in [1.82, 2.24) is 10.6 Å². The summed E-state index contributed by atoms with van der Waals surface area (Å²) >= 11 is 0. The van der Waals surface area contributed by atoms with E-state index in [1.807, 2.05) is 0 Å². The number of hydrogen-bond donors (Lipinski definition) is 4. The fourth-order valence-electron chi connectivity index (χ4n) is 5.20. The molecule has 0 saturated carbocycles.